The summed E-state index contributed by atoms with van der Waals surface area (Å²) in [5, 5.41) is 19.2. The Morgan fingerprint density at radius 1 is 1.15 bits per heavy atom. The van der Waals surface area contributed by atoms with Crippen LogP contribution in [-0.2, 0) is 9.59 Å². The predicted molar refractivity (Wildman–Crippen MR) is 154 cm³/mol. The molecule has 9 heteroatoms. The Labute approximate surface area is 246 Å². The van der Waals surface area contributed by atoms with E-state index in [1.165, 1.54) is 6.08 Å². The van der Waals surface area contributed by atoms with Crippen molar-refractivity contribution in [3.8, 4) is 5.75 Å². The number of carboxylic acids is 1. The molecule has 0 bridgehead atoms. The molecule has 40 heavy (non-hydrogen) atoms. The van der Waals surface area contributed by atoms with E-state index in [0.29, 0.717) is 32.0 Å². The maximum absolute atomic E-state index is 14.6. The van der Waals surface area contributed by atoms with Gasteiger partial charge in [-0.05, 0) is 72.4 Å². The van der Waals surface area contributed by atoms with Crippen LogP contribution in [0.15, 0.2) is 72.1 Å². The fourth-order valence-electron chi connectivity index (χ4n) is 5.54. The number of carbonyl (C=O) groups excluding carboxylic acids is 1. The van der Waals surface area contributed by atoms with Crippen LogP contribution < -0.4 is 4.74 Å². The minimum absolute atomic E-state index is 0.0304. The lowest BCUT2D eigenvalue weighted by molar-refractivity contribution is -0.132. The van der Waals surface area contributed by atoms with Gasteiger partial charge in [0.2, 0.25) is 0 Å². The first kappa shape index (κ1) is 28.6. The summed E-state index contributed by atoms with van der Waals surface area (Å²) in [6.45, 7) is 3.59. The third-order valence-corrected chi connectivity index (χ3v) is 8.84. The molecule has 2 saturated carbocycles. The van der Waals surface area contributed by atoms with E-state index in [1.54, 1.807) is 36.4 Å². The van der Waals surface area contributed by atoms with Crippen LogP contribution >= 0.6 is 34.8 Å². The zero-order chi connectivity index (χ0) is 28.7. The van der Waals surface area contributed by atoms with Crippen LogP contribution in [-0.4, -0.2) is 29.2 Å². The van der Waals surface area contributed by atoms with Gasteiger partial charge in [0.1, 0.15) is 24.0 Å². The first-order chi connectivity index (χ1) is 19.1. The second-order valence-electron chi connectivity index (χ2n) is 10.5. The number of carbonyl (C=O) groups is 2. The first-order valence-corrected chi connectivity index (χ1v) is 14.2. The largest absolute Gasteiger partial charge is 0.492 e. The monoisotopic (exact) mass is 601 g/mol. The lowest BCUT2D eigenvalue weighted by Crippen LogP contribution is -2.31. The maximum Gasteiger partial charge on any atom is 0.338 e. The first-order valence-electron chi connectivity index (χ1n) is 13.1. The zero-order valence-corrected chi connectivity index (χ0v) is 23.7. The Morgan fingerprint density at radius 3 is 2.45 bits per heavy atom. The number of hydrogen-bond acceptors (Lipinski definition) is 4. The summed E-state index contributed by atoms with van der Waals surface area (Å²) < 4.78 is 20.6. The lowest BCUT2D eigenvalue weighted by atomic mass is 9.85. The van der Waals surface area contributed by atoms with E-state index in [1.807, 2.05) is 6.07 Å². The van der Waals surface area contributed by atoms with Gasteiger partial charge in [0.05, 0.1) is 27.2 Å². The fourth-order valence-corrected chi connectivity index (χ4v) is 6.45. The maximum atomic E-state index is 14.6. The summed E-state index contributed by atoms with van der Waals surface area (Å²) in [4.78, 5) is 24.5. The van der Waals surface area contributed by atoms with Gasteiger partial charge in [-0.3, -0.25) is 4.79 Å². The van der Waals surface area contributed by atoms with Crippen molar-refractivity contribution < 1.29 is 23.8 Å². The summed E-state index contributed by atoms with van der Waals surface area (Å²) >= 11 is 19.3. The number of ketones is 1. The van der Waals surface area contributed by atoms with Crippen LogP contribution in [0.5, 0.6) is 5.75 Å². The highest BCUT2D eigenvalue weighted by Gasteiger charge is 2.46. The number of nitrogens with one attached hydrogen (secondary N) is 1. The average Bonchev–Trinajstić information content (AvgIpc) is 3.82. The van der Waals surface area contributed by atoms with Gasteiger partial charge in [0, 0.05) is 22.9 Å². The Hall–Kier alpha value is -2.93. The van der Waals surface area contributed by atoms with Crippen molar-refractivity contribution in [2.45, 2.75) is 31.6 Å². The van der Waals surface area contributed by atoms with Crippen LogP contribution in [0.4, 0.5) is 4.39 Å². The number of ether oxygens (including phenoxy) is 1. The smallest absolute Gasteiger partial charge is 0.338 e. The second-order valence-corrected chi connectivity index (χ2v) is 11.7. The van der Waals surface area contributed by atoms with Gasteiger partial charge >= 0.3 is 5.97 Å². The third kappa shape index (κ3) is 5.76. The molecule has 0 spiro atoms. The number of aliphatic carboxylic acids is 1. The molecule has 2 N–H and O–H groups in total. The lowest BCUT2D eigenvalue weighted by Gasteiger charge is -2.21. The van der Waals surface area contributed by atoms with Gasteiger partial charge in [-0.25, -0.2) is 9.18 Å². The molecule has 4 atom stereocenters. The van der Waals surface area contributed by atoms with Gasteiger partial charge in [-0.15, -0.1) is 0 Å². The highest BCUT2D eigenvalue weighted by molar-refractivity contribution is 6.40. The summed E-state index contributed by atoms with van der Waals surface area (Å²) in [5.41, 5.74) is 1.26. The van der Waals surface area contributed by atoms with Gasteiger partial charge in [0.15, 0.2) is 0 Å². The number of hydrogen-bond donors (Lipinski definition) is 2. The highest BCUT2D eigenvalue weighted by Crippen LogP contribution is 2.56. The van der Waals surface area contributed by atoms with Crippen molar-refractivity contribution in [1.29, 1.82) is 5.41 Å². The molecular formula is C31H27Cl3FNO4. The number of carboxylic acid groups (broad SMARTS) is 1. The minimum Gasteiger partial charge on any atom is -0.492 e. The summed E-state index contributed by atoms with van der Waals surface area (Å²) in [6, 6.07) is 10.3. The standard InChI is InChI=1S/C31H27Cl3FNO4/c1-2-15-10-17(11-26(35)27(15)31(38)39)20-13-21(20)19-9-8-18(12-25(19)34)40-14-22(30(37)16-6-7-16)29(36)28-23(32)4-3-5-24(28)33/h2-5,8-10,12,16-17,20-22,36H,1,6-7,11,13-14H2,(H,38,39). The molecule has 0 amide bonds. The Kier molecular flexibility index (Phi) is 8.23. The molecule has 2 aromatic rings. The molecule has 0 aromatic heterocycles. The van der Waals surface area contributed by atoms with E-state index in [9.17, 15) is 19.1 Å². The molecule has 2 fully saturated rings. The summed E-state index contributed by atoms with van der Waals surface area (Å²) in [7, 11) is 0. The summed E-state index contributed by atoms with van der Waals surface area (Å²) in [5.74, 6) is -2.35. The van der Waals surface area contributed by atoms with Crippen LogP contribution in [0.1, 0.15) is 42.7 Å². The van der Waals surface area contributed by atoms with Crippen molar-refractivity contribution >= 4 is 52.3 Å². The third-order valence-electron chi connectivity index (χ3n) is 7.88. The Morgan fingerprint density at radius 2 is 1.85 bits per heavy atom. The van der Waals surface area contributed by atoms with Crippen LogP contribution in [0, 0.1) is 29.1 Å². The fraction of sp³-hybridized carbons (Fsp3) is 0.323. The molecule has 0 aliphatic heterocycles. The van der Waals surface area contributed by atoms with Crippen molar-refractivity contribution in [3.05, 3.63) is 98.3 Å². The quantitative estimate of drug-likeness (QED) is 0.254. The van der Waals surface area contributed by atoms with Crippen molar-refractivity contribution in [2.75, 3.05) is 6.61 Å². The molecule has 5 rings (SSSR count). The van der Waals surface area contributed by atoms with Crippen LogP contribution in [0.3, 0.4) is 0 Å². The van der Waals surface area contributed by atoms with Crippen LogP contribution in [0.2, 0.25) is 15.1 Å². The van der Waals surface area contributed by atoms with Gasteiger partial charge in [-0.2, -0.15) is 0 Å². The molecule has 0 saturated heterocycles. The van der Waals surface area contributed by atoms with Crippen molar-refractivity contribution in [2.24, 2.45) is 23.7 Å². The van der Waals surface area contributed by atoms with Gasteiger partial charge in [0.25, 0.3) is 0 Å². The van der Waals surface area contributed by atoms with Gasteiger partial charge < -0.3 is 15.3 Å². The number of halogens is 4. The molecular weight excluding hydrogens is 576 g/mol. The predicted octanol–water partition coefficient (Wildman–Crippen LogP) is 8.23. The molecule has 4 unspecified atom stereocenters. The minimum atomic E-state index is -1.29. The molecule has 0 heterocycles. The normalized spacial score (nSPS) is 22.8. The van der Waals surface area contributed by atoms with E-state index in [-0.39, 0.29) is 53.8 Å². The van der Waals surface area contributed by atoms with Crippen LogP contribution in [0.25, 0.3) is 0 Å². The Bertz CT molecular complexity index is 1460. The molecule has 3 aliphatic carbocycles. The number of Topliss-reactive ketones (excluding diaryl/α,β-unsaturated/α-hetero) is 1. The highest BCUT2D eigenvalue weighted by atomic mass is 35.5. The molecule has 0 radical (unpaired) electrons. The topological polar surface area (TPSA) is 87.5 Å². The van der Waals surface area contributed by atoms with Crippen molar-refractivity contribution in [3.63, 3.8) is 0 Å². The van der Waals surface area contributed by atoms with E-state index < -0.39 is 17.7 Å². The van der Waals surface area contributed by atoms with E-state index in [0.717, 1.165) is 24.8 Å². The van der Waals surface area contributed by atoms with E-state index in [4.69, 9.17) is 44.9 Å². The van der Waals surface area contributed by atoms with E-state index >= 15 is 0 Å². The second kappa shape index (κ2) is 11.5. The number of benzene rings is 2. The molecule has 5 nitrogen and oxygen atoms in total. The zero-order valence-electron chi connectivity index (χ0n) is 21.4. The average molecular weight is 603 g/mol. The SMILES string of the molecule is C=CC1=CC(C2CC2c2ccc(OCC(C(=N)c3c(Cl)cccc3Cl)C(=O)C3CC3)cc2Cl)CC(F)=C1C(=O)O. The Balaban J connectivity index is 1.28. The molecule has 3 aliphatic rings. The molecule has 2 aromatic carbocycles. The number of rotatable bonds is 11. The summed E-state index contributed by atoms with van der Waals surface area (Å²) in [6.07, 6.45) is 5.61. The number of allylic oxidation sites excluding steroid dienone is 3. The van der Waals surface area contributed by atoms with E-state index in [2.05, 4.69) is 6.58 Å². The molecule has 208 valence electrons. The van der Waals surface area contributed by atoms with Gasteiger partial charge in [-0.1, -0.05) is 65.7 Å². The van der Waals surface area contributed by atoms with Crippen molar-refractivity contribution in [1.82, 2.24) is 0 Å².